The highest BCUT2D eigenvalue weighted by Crippen LogP contribution is 2.31. The lowest BCUT2D eigenvalue weighted by molar-refractivity contribution is 0.411. The molecular formula is C16H16N2O2. The number of pyridine rings is 1. The third-order valence-corrected chi connectivity index (χ3v) is 3.44. The molecular weight excluding hydrogens is 252 g/mol. The van der Waals surface area contributed by atoms with E-state index in [0.717, 1.165) is 28.1 Å². The summed E-state index contributed by atoms with van der Waals surface area (Å²) in [5, 5.41) is 9.15. The zero-order chi connectivity index (χ0) is 14.7. The van der Waals surface area contributed by atoms with Crippen molar-refractivity contribution in [1.82, 2.24) is 4.98 Å². The monoisotopic (exact) mass is 268 g/mol. The number of hydrogen-bond donors (Lipinski definition) is 0. The first kappa shape index (κ1) is 13.9. The molecule has 1 heterocycles. The van der Waals surface area contributed by atoms with Crippen LogP contribution in [-0.4, -0.2) is 19.2 Å². The molecule has 4 nitrogen and oxygen atoms in total. The van der Waals surface area contributed by atoms with Crippen molar-refractivity contribution in [2.24, 2.45) is 0 Å². The van der Waals surface area contributed by atoms with Crippen molar-refractivity contribution >= 4 is 0 Å². The van der Waals surface area contributed by atoms with Crippen LogP contribution < -0.4 is 9.47 Å². The van der Waals surface area contributed by atoms with Gasteiger partial charge in [0.1, 0.15) is 11.8 Å². The van der Waals surface area contributed by atoms with E-state index in [1.54, 1.807) is 19.4 Å². The molecule has 0 radical (unpaired) electrons. The van der Waals surface area contributed by atoms with Gasteiger partial charge in [-0.05, 0) is 43.2 Å². The Hall–Kier alpha value is -2.54. The third kappa shape index (κ3) is 2.30. The van der Waals surface area contributed by atoms with Crippen LogP contribution in [0.1, 0.15) is 16.7 Å². The number of aromatic nitrogens is 1. The summed E-state index contributed by atoms with van der Waals surface area (Å²) in [5.41, 5.74) is 4.38. The zero-order valence-corrected chi connectivity index (χ0v) is 12.0. The lowest BCUT2D eigenvalue weighted by atomic mass is 9.99. The predicted octanol–water partition coefficient (Wildman–Crippen LogP) is 3.25. The average Bonchev–Trinajstić information content (AvgIpc) is 2.49. The van der Waals surface area contributed by atoms with Crippen molar-refractivity contribution in [3.05, 3.63) is 41.1 Å². The highest BCUT2D eigenvalue weighted by molar-refractivity contribution is 5.69. The summed E-state index contributed by atoms with van der Waals surface area (Å²) >= 11 is 0. The maximum absolute atomic E-state index is 9.15. The minimum Gasteiger partial charge on any atom is -0.496 e. The Balaban J connectivity index is 2.58. The van der Waals surface area contributed by atoms with Gasteiger partial charge in [0.05, 0.1) is 31.7 Å². The molecule has 0 spiro atoms. The number of hydrogen-bond acceptors (Lipinski definition) is 4. The Kier molecular flexibility index (Phi) is 3.90. The van der Waals surface area contributed by atoms with Gasteiger partial charge in [0, 0.05) is 5.56 Å². The van der Waals surface area contributed by atoms with Gasteiger partial charge in [0.15, 0.2) is 5.75 Å². The number of rotatable bonds is 3. The largest absolute Gasteiger partial charge is 0.496 e. The fourth-order valence-corrected chi connectivity index (χ4v) is 2.13. The van der Waals surface area contributed by atoms with Gasteiger partial charge in [0.2, 0.25) is 0 Å². The average molecular weight is 268 g/mol. The fraction of sp³-hybridized carbons (Fsp3) is 0.250. The quantitative estimate of drug-likeness (QED) is 0.857. The lowest BCUT2D eigenvalue weighted by Crippen LogP contribution is -1.96. The highest BCUT2D eigenvalue weighted by Gasteiger charge is 2.12. The fourth-order valence-electron chi connectivity index (χ4n) is 2.13. The smallest absolute Gasteiger partial charge is 0.154 e. The van der Waals surface area contributed by atoms with Gasteiger partial charge < -0.3 is 9.47 Å². The van der Waals surface area contributed by atoms with Crippen LogP contribution in [0.15, 0.2) is 24.4 Å². The van der Waals surface area contributed by atoms with Crippen LogP contribution in [-0.2, 0) is 0 Å². The first-order valence-electron chi connectivity index (χ1n) is 6.21. The Labute approximate surface area is 118 Å². The maximum atomic E-state index is 9.15. The summed E-state index contributed by atoms with van der Waals surface area (Å²) < 4.78 is 10.4. The van der Waals surface area contributed by atoms with Gasteiger partial charge in [-0.15, -0.1) is 0 Å². The Bertz CT molecular complexity index is 688. The zero-order valence-electron chi connectivity index (χ0n) is 12.0. The van der Waals surface area contributed by atoms with Crippen LogP contribution in [0, 0.1) is 25.2 Å². The molecule has 0 aliphatic carbocycles. The predicted molar refractivity (Wildman–Crippen MR) is 77.0 cm³/mol. The van der Waals surface area contributed by atoms with Crippen molar-refractivity contribution in [2.75, 3.05) is 14.2 Å². The van der Waals surface area contributed by atoms with E-state index in [2.05, 4.69) is 11.1 Å². The van der Waals surface area contributed by atoms with Crippen LogP contribution >= 0.6 is 0 Å². The first-order chi connectivity index (χ1) is 9.62. The van der Waals surface area contributed by atoms with Crippen LogP contribution in [0.4, 0.5) is 0 Å². The number of nitriles is 1. The van der Waals surface area contributed by atoms with E-state index in [4.69, 9.17) is 14.7 Å². The molecule has 1 aromatic heterocycles. The van der Waals surface area contributed by atoms with Crippen molar-refractivity contribution in [3.8, 4) is 28.8 Å². The van der Waals surface area contributed by atoms with Gasteiger partial charge in [-0.1, -0.05) is 0 Å². The molecule has 0 fully saturated rings. The number of benzene rings is 1. The molecule has 2 aromatic rings. The minimum atomic E-state index is 0.477. The number of methoxy groups -OCH3 is 2. The Morgan fingerprint density at radius 1 is 1.05 bits per heavy atom. The van der Waals surface area contributed by atoms with E-state index in [1.165, 1.54) is 7.11 Å². The minimum absolute atomic E-state index is 0.477. The van der Waals surface area contributed by atoms with Crippen molar-refractivity contribution < 1.29 is 9.47 Å². The van der Waals surface area contributed by atoms with E-state index < -0.39 is 0 Å². The van der Waals surface area contributed by atoms with Crippen LogP contribution in [0.25, 0.3) is 11.3 Å². The summed E-state index contributed by atoms with van der Waals surface area (Å²) in [6.45, 7) is 4.03. The second kappa shape index (κ2) is 5.62. The topological polar surface area (TPSA) is 55.1 Å². The molecule has 0 amide bonds. The summed E-state index contributed by atoms with van der Waals surface area (Å²) in [6.07, 6.45) is 1.58. The summed E-state index contributed by atoms with van der Waals surface area (Å²) in [6, 6.07) is 7.73. The van der Waals surface area contributed by atoms with E-state index >= 15 is 0 Å². The van der Waals surface area contributed by atoms with E-state index in [-0.39, 0.29) is 0 Å². The SMILES string of the molecule is COc1cnc(-c2ccc(OC)c(C)c2C)cc1C#N. The molecule has 0 saturated carbocycles. The van der Waals surface area contributed by atoms with E-state index in [1.807, 2.05) is 26.0 Å². The second-order valence-electron chi connectivity index (χ2n) is 4.45. The van der Waals surface area contributed by atoms with Gasteiger partial charge >= 0.3 is 0 Å². The molecule has 4 heteroatoms. The summed E-state index contributed by atoms with van der Waals surface area (Å²) in [5.74, 6) is 1.33. The highest BCUT2D eigenvalue weighted by atomic mass is 16.5. The first-order valence-corrected chi connectivity index (χ1v) is 6.21. The van der Waals surface area contributed by atoms with Gasteiger partial charge in [-0.2, -0.15) is 5.26 Å². The van der Waals surface area contributed by atoms with E-state index in [0.29, 0.717) is 11.3 Å². The number of ether oxygens (including phenoxy) is 2. The van der Waals surface area contributed by atoms with Crippen LogP contribution in [0.3, 0.4) is 0 Å². The molecule has 0 atom stereocenters. The molecule has 0 N–H and O–H groups in total. The van der Waals surface area contributed by atoms with Gasteiger partial charge in [0.25, 0.3) is 0 Å². The summed E-state index contributed by atoms with van der Waals surface area (Å²) in [4.78, 5) is 4.37. The van der Waals surface area contributed by atoms with Crippen molar-refractivity contribution in [3.63, 3.8) is 0 Å². The van der Waals surface area contributed by atoms with Crippen LogP contribution in [0.5, 0.6) is 11.5 Å². The second-order valence-corrected chi connectivity index (χ2v) is 4.45. The standard InChI is InChI=1S/C16H16N2O2/c1-10-11(2)15(19-3)6-5-13(10)14-7-12(8-17)16(20-4)9-18-14/h5-7,9H,1-4H3. The Morgan fingerprint density at radius 3 is 2.35 bits per heavy atom. The van der Waals surface area contributed by atoms with E-state index in [9.17, 15) is 0 Å². The normalized spacial score (nSPS) is 9.95. The molecule has 102 valence electrons. The maximum Gasteiger partial charge on any atom is 0.154 e. The van der Waals surface area contributed by atoms with Crippen molar-refractivity contribution in [1.29, 1.82) is 5.26 Å². The molecule has 2 rings (SSSR count). The summed E-state index contributed by atoms with van der Waals surface area (Å²) in [7, 11) is 3.18. The van der Waals surface area contributed by atoms with Gasteiger partial charge in [-0.3, -0.25) is 4.98 Å². The van der Waals surface area contributed by atoms with Crippen LogP contribution in [0.2, 0.25) is 0 Å². The molecule has 0 saturated heterocycles. The third-order valence-electron chi connectivity index (χ3n) is 3.44. The number of nitrogens with zero attached hydrogens (tertiary/aromatic N) is 2. The lowest BCUT2D eigenvalue weighted by Gasteiger charge is -2.13. The molecule has 20 heavy (non-hydrogen) atoms. The molecule has 1 aromatic carbocycles. The molecule has 0 aliphatic heterocycles. The Morgan fingerprint density at radius 2 is 1.75 bits per heavy atom. The molecule has 0 bridgehead atoms. The molecule has 0 unspecified atom stereocenters. The van der Waals surface area contributed by atoms with Crippen molar-refractivity contribution in [2.45, 2.75) is 13.8 Å². The van der Waals surface area contributed by atoms with Gasteiger partial charge in [-0.25, -0.2) is 0 Å². The molecule has 0 aliphatic rings.